The molecule has 3 aromatic carbocycles. The van der Waals surface area contributed by atoms with Gasteiger partial charge in [-0.05, 0) is 78.4 Å². The highest BCUT2D eigenvalue weighted by Gasteiger charge is 2.43. The van der Waals surface area contributed by atoms with E-state index in [2.05, 4.69) is 16.4 Å². The molecule has 1 aromatic heterocycles. The van der Waals surface area contributed by atoms with Crippen LogP contribution in [0.5, 0.6) is 0 Å². The van der Waals surface area contributed by atoms with Crippen molar-refractivity contribution in [3.8, 4) is 0 Å². The molecule has 202 valence electrons. The van der Waals surface area contributed by atoms with Gasteiger partial charge in [0.25, 0.3) is 5.91 Å². The Morgan fingerprint density at radius 3 is 2.48 bits per heavy atom. The van der Waals surface area contributed by atoms with Gasteiger partial charge in [-0.15, -0.1) is 5.10 Å². The van der Waals surface area contributed by atoms with Gasteiger partial charge in [0.05, 0.1) is 17.3 Å². The van der Waals surface area contributed by atoms with Gasteiger partial charge in [0.15, 0.2) is 6.61 Å². The highest BCUT2D eigenvalue weighted by atomic mass is 35.5. The van der Waals surface area contributed by atoms with E-state index in [-0.39, 0.29) is 18.5 Å². The third kappa shape index (κ3) is 5.37. The van der Waals surface area contributed by atoms with E-state index in [1.807, 2.05) is 72.8 Å². The molecule has 2 heterocycles. The van der Waals surface area contributed by atoms with Crippen molar-refractivity contribution in [3.05, 3.63) is 99.5 Å². The van der Waals surface area contributed by atoms with Crippen LogP contribution in [0, 0.1) is 5.92 Å². The number of benzene rings is 3. The van der Waals surface area contributed by atoms with Crippen LogP contribution in [0.3, 0.4) is 0 Å². The molecule has 8 nitrogen and oxygen atoms in total. The summed E-state index contributed by atoms with van der Waals surface area (Å²) in [5, 5.41) is 15.7. The number of fused-ring (bicyclic) bond motifs is 2. The predicted octanol–water partition coefficient (Wildman–Crippen LogP) is 6.10. The smallest absolute Gasteiger partial charge is 0.328 e. The van der Waals surface area contributed by atoms with Crippen LogP contribution in [0.2, 0.25) is 10.0 Å². The summed E-state index contributed by atoms with van der Waals surface area (Å²) < 4.78 is 6.85. The van der Waals surface area contributed by atoms with E-state index < -0.39 is 18.5 Å². The van der Waals surface area contributed by atoms with Gasteiger partial charge in [0.2, 0.25) is 0 Å². The van der Waals surface area contributed by atoms with Crippen LogP contribution in [-0.2, 0) is 20.9 Å². The summed E-state index contributed by atoms with van der Waals surface area (Å²) in [6.45, 7) is -0.588. The quantitative estimate of drug-likeness (QED) is 0.260. The van der Waals surface area contributed by atoms with Gasteiger partial charge in [0, 0.05) is 16.0 Å². The summed E-state index contributed by atoms with van der Waals surface area (Å²) in [4.78, 5) is 26.1. The Kier molecular flexibility index (Phi) is 7.36. The maximum absolute atomic E-state index is 13.5. The van der Waals surface area contributed by atoms with Crippen LogP contribution in [0.25, 0.3) is 17.1 Å². The molecule has 2 unspecified atom stereocenters. The van der Waals surface area contributed by atoms with Crippen LogP contribution < -0.4 is 0 Å². The Balaban J connectivity index is 1.24. The molecule has 0 radical (unpaired) electrons. The van der Waals surface area contributed by atoms with Gasteiger partial charge < -0.3 is 4.74 Å². The Morgan fingerprint density at radius 1 is 0.975 bits per heavy atom. The first-order chi connectivity index (χ1) is 19.5. The third-order valence-corrected chi connectivity index (χ3v) is 7.74. The molecule has 2 atom stereocenters. The molecule has 6 rings (SSSR count). The summed E-state index contributed by atoms with van der Waals surface area (Å²) in [6, 6.07) is 22.1. The number of hydrazone groups is 1. The number of ether oxygens (including phenoxy) is 1. The van der Waals surface area contributed by atoms with Crippen LogP contribution in [0.4, 0.5) is 0 Å². The fourth-order valence-electron chi connectivity index (χ4n) is 5.37. The fraction of sp³-hybridized carbons (Fsp3) is 0.233. The van der Waals surface area contributed by atoms with Crippen molar-refractivity contribution < 1.29 is 14.3 Å². The van der Waals surface area contributed by atoms with Crippen molar-refractivity contribution in [2.24, 2.45) is 11.0 Å². The summed E-state index contributed by atoms with van der Waals surface area (Å²) in [7, 11) is 0. The van der Waals surface area contributed by atoms with E-state index in [4.69, 9.17) is 33.0 Å². The van der Waals surface area contributed by atoms with Gasteiger partial charge in [-0.2, -0.15) is 5.10 Å². The number of nitrogens with zero attached hydrogens (tertiary/aromatic N) is 5. The minimum absolute atomic E-state index is 0.00893. The van der Waals surface area contributed by atoms with Crippen molar-refractivity contribution in [2.75, 3.05) is 6.61 Å². The molecule has 0 bridgehead atoms. The fourth-order valence-corrected chi connectivity index (χ4v) is 5.62. The summed E-state index contributed by atoms with van der Waals surface area (Å²) in [6.07, 6.45) is 4.81. The number of carbonyl (C=O) groups is 2. The lowest BCUT2D eigenvalue weighted by atomic mass is 9.77. The van der Waals surface area contributed by atoms with Crippen LogP contribution in [0.1, 0.15) is 36.4 Å². The van der Waals surface area contributed by atoms with Crippen molar-refractivity contribution in [1.29, 1.82) is 0 Å². The number of halogens is 2. The van der Waals surface area contributed by atoms with Gasteiger partial charge >= 0.3 is 5.97 Å². The molecule has 1 amide bonds. The van der Waals surface area contributed by atoms with E-state index in [1.54, 1.807) is 0 Å². The topological polar surface area (TPSA) is 89.7 Å². The summed E-state index contributed by atoms with van der Waals surface area (Å²) >= 11 is 12.2. The van der Waals surface area contributed by atoms with Gasteiger partial charge in [-0.3, -0.25) is 9.59 Å². The molecular formula is C30H25Cl2N5O3. The molecule has 1 aliphatic heterocycles. The lowest BCUT2D eigenvalue weighted by Gasteiger charge is -2.29. The number of hydrogen-bond donors (Lipinski definition) is 0. The molecule has 0 spiro atoms. The normalized spacial score (nSPS) is 19.5. The first-order valence-electron chi connectivity index (χ1n) is 13.0. The highest BCUT2D eigenvalue weighted by molar-refractivity contribution is 6.30. The number of hydrogen-bond acceptors (Lipinski definition) is 6. The summed E-state index contributed by atoms with van der Waals surface area (Å²) in [5.74, 6) is -0.973. The molecule has 0 N–H and O–H groups in total. The molecule has 0 saturated heterocycles. The standard InChI is InChI=1S/C30H25Cl2N5O3/c31-22-12-8-19(9-13-22)16-21-4-3-5-24-29(21)34-37(30(24)20-10-14-23(32)15-11-20)27(38)18-40-28(39)17-36-26-7-2-1-6-25(26)33-35-36/h1-2,6-16,24,30H,3-5,17-18H2. The molecule has 1 saturated carbocycles. The lowest BCUT2D eigenvalue weighted by molar-refractivity contribution is -0.153. The number of rotatable bonds is 6. The first-order valence-corrected chi connectivity index (χ1v) is 13.8. The molecular weight excluding hydrogens is 549 g/mol. The Hall–Kier alpha value is -4.01. The zero-order valence-electron chi connectivity index (χ0n) is 21.4. The molecule has 1 fully saturated rings. The lowest BCUT2D eigenvalue weighted by Crippen LogP contribution is -2.34. The van der Waals surface area contributed by atoms with Gasteiger partial charge in [0.1, 0.15) is 12.1 Å². The second-order valence-electron chi connectivity index (χ2n) is 9.84. The zero-order valence-corrected chi connectivity index (χ0v) is 22.9. The molecule has 2 aliphatic rings. The van der Waals surface area contributed by atoms with Crippen LogP contribution in [0.15, 0.2) is 83.5 Å². The Morgan fingerprint density at radius 2 is 1.70 bits per heavy atom. The number of aromatic nitrogens is 3. The predicted molar refractivity (Wildman–Crippen MR) is 154 cm³/mol. The summed E-state index contributed by atoms with van der Waals surface area (Å²) in [5.41, 5.74) is 5.30. The second kappa shape index (κ2) is 11.2. The minimum Gasteiger partial charge on any atom is -0.454 e. The molecule has 1 aliphatic carbocycles. The van der Waals surface area contributed by atoms with Gasteiger partial charge in [-0.1, -0.05) is 64.8 Å². The van der Waals surface area contributed by atoms with E-state index in [1.165, 1.54) is 9.69 Å². The Labute approximate surface area is 240 Å². The van der Waals surface area contributed by atoms with Crippen molar-refractivity contribution in [2.45, 2.75) is 31.8 Å². The second-order valence-corrected chi connectivity index (χ2v) is 10.7. The molecule has 4 aromatic rings. The van der Waals surface area contributed by atoms with E-state index in [0.717, 1.165) is 41.7 Å². The maximum Gasteiger partial charge on any atom is 0.328 e. The largest absolute Gasteiger partial charge is 0.454 e. The van der Waals surface area contributed by atoms with Gasteiger partial charge in [-0.25, -0.2) is 9.69 Å². The third-order valence-electron chi connectivity index (χ3n) is 7.24. The monoisotopic (exact) mass is 573 g/mol. The average molecular weight is 574 g/mol. The molecule has 10 heteroatoms. The molecule has 40 heavy (non-hydrogen) atoms. The van der Waals surface area contributed by atoms with E-state index >= 15 is 0 Å². The Bertz CT molecular complexity index is 1630. The maximum atomic E-state index is 13.5. The first kappa shape index (κ1) is 26.2. The number of amides is 1. The zero-order chi connectivity index (χ0) is 27.6. The number of carbonyl (C=O) groups excluding carboxylic acids is 2. The van der Waals surface area contributed by atoms with E-state index in [9.17, 15) is 9.59 Å². The van der Waals surface area contributed by atoms with E-state index in [0.29, 0.717) is 21.1 Å². The SMILES string of the molecule is O=C(Cn1nnc2ccccc21)OCC(=O)N1N=C2C(=Cc3ccc(Cl)cc3)CCCC2C1c1ccc(Cl)cc1. The van der Waals surface area contributed by atoms with Crippen molar-refractivity contribution >= 4 is 57.9 Å². The average Bonchev–Trinajstić information content (AvgIpc) is 3.56. The van der Waals surface area contributed by atoms with Crippen molar-refractivity contribution in [1.82, 2.24) is 20.0 Å². The highest BCUT2D eigenvalue weighted by Crippen LogP contribution is 2.44. The number of para-hydroxylation sites is 1. The van der Waals surface area contributed by atoms with Crippen LogP contribution in [-0.4, -0.2) is 44.2 Å². The van der Waals surface area contributed by atoms with Crippen molar-refractivity contribution in [3.63, 3.8) is 0 Å². The number of allylic oxidation sites excluding steroid dienone is 1. The minimum atomic E-state index is -0.584. The number of esters is 1. The van der Waals surface area contributed by atoms with Crippen LogP contribution >= 0.6 is 23.2 Å².